The largest absolute Gasteiger partial charge is 0.497 e. The number of amides is 2. The molecule has 0 saturated heterocycles. The summed E-state index contributed by atoms with van der Waals surface area (Å²) in [5, 5.41) is 3.35. The van der Waals surface area contributed by atoms with Gasteiger partial charge in [-0.15, -0.1) is 0 Å². The molecule has 0 unspecified atom stereocenters. The van der Waals surface area contributed by atoms with E-state index in [9.17, 15) is 14.0 Å². The summed E-state index contributed by atoms with van der Waals surface area (Å²) >= 11 is 11.9. The van der Waals surface area contributed by atoms with Gasteiger partial charge >= 0.3 is 0 Å². The molecule has 0 aliphatic heterocycles. The summed E-state index contributed by atoms with van der Waals surface area (Å²) in [6.45, 7) is 1.90. The van der Waals surface area contributed by atoms with Crippen molar-refractivity contribution in [1.82, 2.24) is 4.90 Å². The van der Waals surface area contributed by atoms with Crippen molar-refractivity contribution < 1.29 is 18.7 Å². The lowest BCUT2D eigenvalue weighted by molar-refractivity contribution is -0.116. The summed E-state index contributed by atoms with van der Waals surface area (Å²) < 4.78 is 19.1. The Morgan fingerprint density at radius 2 is 1.93 bits per heavy atom. The first-order chi connectivity index (χ1) is 12.8. The average molecular weight is 413 g/mol. The first kappa shape index (κ1) is 21.0. The number of rotatable bonds is 7. The highest BCUT2D eigenvalue weighted by molar-refractivity contribution is 6.35. The van der Waals surface area contributed by atoms with Crippen molar-refractivity contribution in [3.63, 3.8) is 0 Å². The summed E-state index contributed by atoms with van der Waals surface area (Å²) in [7, 11) is 1.41. The Morgan fingerprint density at radius 1 is 1.19 bits per heavy atom. The van der Waals surface area contributed by atoms with Gasteiger partial charge in [-0.25, -0.2) is 4.39 Å². The smallest absolute Gasteiger partial charge is 0.257 e. The van der Waals surface area contributed by atoms with Gasteiger partial charge < -0.3 is 15.0 Å². The maximum absolute atomic E-state index is 14.2. The third-order valence-corrected chi connectivity index (χ3v) is 4.29. The van der Waals surface area contributed by atoms with Crippen LogP contribution in [0.15, 0.2) is 36.4 Å². The standard InChI is InChI=1S/C19H19Cl2FN2O3/c1-3-8-24(19(26)14-6-5-13(27-2)10-16(14)22)11-18(25)23-17-9-12(20)4-7-15(17)21/h4-7,9-10H,3,8,11H2,1-2H3,(H,23,25). The van der Waals surface area contributed by atoms with Crippen LogP contribution < -0.4 is 10.1 Å². The number of nitrogens with one attached hydrogen (secondary N) is 1. The minimum Gasteiger partial charge on any atom is -0.497 e. The van der Waals surface area contributed by atoms with E-state index in [0.29, 0.717) is 34.4 Å². The van der Waals surface area contributed by atoms with Crippen molar-refractivity contribution in [3.05, 3.63) is 57.8 Å². The Bertz CT molecular complexity index is 846. The zero-order valence-electron chi connectivity index (χ0n) is 14.9. The normalized spacial score (nSPS) is 10.4. The van der Waals surface area contributed by atoms with Gasteiger partial charge in [0, 0.05) is 17.6 Å². The van der Waals surface area contributed by atoms with Gasteiger partial charge in [0.25, 0.3) is 5.91 Å². The minimum atomic E-state index is -0.709. The molecule has 0 spiro atoms. The summed E-state index contributed by atoms with van der Waals surface area (Å²) in [4.78, 5) is 26.3. The lowest BCUT2D eigenvalue weighted by atomic mass is 10.1. The number of hydrogen-bond acceptors (Lipinski definition) is 3. The third-order valence-electron chi connectivity index (χ3n) is 3.72. The average Bonchev–Trinajstić information content (AvgIpc) is 2.63. The quantitative estimate of drug-likeness (QED) is 0.720. The summed E-state index contributed by atoms with van der Waals surface area (Å²) in [5.41, 5.74) is 0.214. The van der Waals surface area contributed by atoms with Crippen molar-refractivity contribution in [2.24, 2.45) is 0 Å². The fourth-order valence-corrected chi connectivity index (χ4v) is 2.78. The maximum atomic E-state index is 14.2. The Hall–Kier alpha value is -2.31. The number of anilines is 1. The van der Waals surface area contributed by atoms with Gasteiger partial charge in [0.05, 0.1) is 23.4 Å². The van der Waals surface area contributed by atoms with Crippen LogP contribution in [0.5, 0.6) is 5.75 Å². The zero-order chi connectivity index (χ0) is 20.0. The molecule has 0 heterocycles. The van der Waals surface area contributed by atoms with E-state index < -0.39 is 17.6 Å². The Kier molecular flexibility index (Phi) is 7.45. The van der Waals surface area contributed by atoms with Gasteiger partial charge in [0.1, 0.15) is 18.1 Å². The topological polar surface area (TPSA) is 58.6 Å². The lowest BCUT2D eigenvalue weighted by Gasteiger charge is -2.22. The van der Waals surface area contributed by atoms with E-state index in [-0.39, 0.29) is 12.1 Å². The molecule has 0 aromatic heterocycles. The predicted octanol–water partition coefficient (Wildman–Crippen LogP) is 4.63. The van der Waals surface area contributed by atoms with Crippen molar-refractivity contribution >= 4 is 40.7 Å². The molecule has 5 nitrogen and oxygen atoms in total. The van der Waals surface area contributed by atoms with Gasteiger partial charge in [-0.3, -0.25) is 9.59 Å². The number of benzene rings is 2. The van der Waals surface area contributed by atoms with E-state index in [1.54, 1.807) is 12.1 Å². The number of carbonyl (C=O) groups is 2. The highest BCUT2D eigenvalue weighted by Crippen LogP contribution is 2.25. The SMILES string of the molecule is CCCN(CC(=O)Nc1cc(Cl)ccc1Cl)C(=O)c1ccc(OC)cc1F. The molecule has 0 aliphatic carbocycles. The molecule has 2 amide bonds. The first-order valence-electron chi connectivity index (χ1n) is 8.23. The Balaban J connectivity index is 2.15. The fraction of sp³-hybridized carbons (Fsp3) is 0.263. The molecule has 0 fully saturated rings. The molecule has 0 bridgehead atoms. The van der Waals surface area contributed by atoms with Gasteiger partial charge in [-0.05, 0) is 36.8 Å². The van der Waals surface area contributed by atoms with Crippen LogP contribution in [0.3, 0.4) is 0 Å². The predicted molar refractivity (Wildman–Crippen MR) is 104 cm³/mol. The van der Waals surface area contributed by atoms with Crippen LogP contribution in [0.4, 0.5) is 10.1 Å². The number of ether oxygens (including phenoxy) is 1. The molecule has 0 radical (unpaired) electrons. The van der Waals surface area contributed by atoms with E-state index >= 15 is 0 Å². The molecule has 0 atom stereocenters. The molecule has 2 aromatic carbocycles. The van der Waals surface area contributed by atoms with Crippen molar-refractivity contribution in [1.29, 1.82) is 0 Å². The monoisotopic (exact) mass is 412 g/mol. The van der Waals surface area contributed by atoms with Crippen molar-refractivity contribution in [2.75, 3.05) is 25.5 Å². The van der Waals surface area contributed by atoms with Crippen LogP contribution in [0.2, 0.25) is 10.0 Å². The van der Waals surface area contributed by atoms with Crippen LogP contribution >= 0.6 is 23.2 Å². The second-order valence-corrected chi connectivity index (χ2v) is 6.59. The molecule has 0 aliphatic rings. The third kappa shape index (κ3) is 5.58. The van der Waals surface area contributed by atoms with Gasteiger partial charge in [0.15, 0.2) is 0 Å². The fourth-order valence-electron chi connectivity index (χ4n) is 2.45. The highest BCUT2D eigenvalue weighted by Gasteiger charge is 2.22. The molecule has 1 N–H and O–H groups in total. The van der Waals surface area contributed by atoms with Crippen LogP contribution in [-0.4, -0.2) is 36.9 Å². The first-order valence-corrected chi connectivity index (χ1v) is 8.99. The molecule has 0 saturated carbocycles. The summed E-state index contributed by atoms with van der Waals surface area (Å²) in [6.07, 6.45) is 0.606. The zero-order valence-corrected chi connectivity index (χ0v) is 16.4. The Labute approximate surface area is 167 Å². The summed E-state index contributed by atoms with van der Waals surface area (Å²) in [6, 6.07) is 8.62. The highest BCUT2D eigenvalue weighted by atomic mass is 35.5. The minimum absolute atomic E-state index is 0.127. The molecule has 8 heteroatoms. The number of carbonyl (C=O) groups excluding carboxylic acids is 2. The van der Waals surface area contributed by atoms with Crippen LogP contribution in [0.25, 0.3) is 0 Å². The van der Waals surface area contributed by atoms with Crippen LogP contribution in [-0.2, 0) is 4.79 Å². The van der Waals surface area contributed by atoms with E-state index in [1.807, 2.05) is 6.92 Å². The lowest BCUT2D eigenvalue weighted by Crippen LogP contribution is -2.39. The van der Waals surface area contributed by atoms with Gasteiger partial charge in [0.2, 0.25) is 5.91 Å². The summed E-state index contributed by atoms with van der Waals surface area (Å²) in [5.74, 6) is -1.45. The molecule has 27 heavy (non-hydrogen) atoms. The van der Waals surface area contributed by atoms with E-state index in [2.05, 4.69) is 5.32 Å². The van der Waals surface area contributed by atoms with Crippen molar-refractivity contribution in [2.45, 2.75) is 13.3 Å². The van der Waals surface area contributed by atoms with Gasteiger partial charge in [-0.1, -0.05) is 30.1 Å². The number of methoxy groups -OCH3 is 1. The van der Waals surface area contributed by atoms with E-state index in [4.69, 9.17) is 27.9 Å². The molecule has 144 valence electrons. The van der Waals surface area contributed by atoms with Gasteiger partial charge in [-0.2, -0.15) is 0 Å². The number of nitrogens with zero attached hydrogens (tertiary/aromatic N) is 1. The van der Waals surface area contributed by atoms with Crippen LogP contribution in [0.1, 0.15) is 23.7 Å². The van der Waals surface area contributed by atoms with E-state index in [1.165, 1.54) is 30.2 Å². The van der Waals surface area contributed by atoms with E-state index in [0.717, 1.165) is 6.07 Å². The number of halogens is 3. The second kappa shape index (κ2) is 9.58. The maximum Gasteiger partial charge on any atom is 0.257 e. The molecule has 2 rings (SSSR count). The molecular weight excluding hydrogens is 394 g/mol. The second-order valence-electron chi connectivity index (χ2n) is 5.74. The van der Waals surface area contributed by atoms with Crippen LogP contribution in [0, 0.1) is 5.82 Å². The van der Waals surface area contributed by atoms with Crippen molar-refractivity contribution in [3.8, 4) is 5.75 Å². The molecule has 2 aromatic rings. The Morgan fingerprint density at radius 3 is 2.56 bits per heavy atom. The number of hydrogen-bond donors (Lipinski definition) is 1. The molecular formula is C19H19Cl2FN2O3.